The topological polar surface area (TPSA) is 43.4 Å². The first-order valence-corrected chi connectivity index (χ1v) is 6.58. The van der Waals surface area contributed by atoms with Gasteiger partial charge < -0.3 is 4.74 Å². The molecule has 1 atom stereocenters. The van der Waals surface area contributed by atoms with Crippen molar-refractivity contribution in [2.75, 3.05) is 6.61 Å². The summed E-state index contributed by atoms with van der Waals surface area (Å²) >= 11 is 3.36. The Morgan fingerprint density at radius 1 is 1.39 bits per heavy atom. The van der Waals surface area contributed by atoms with Crippen LogP contribution in [0, 0.1) is 5.92 Å². The Labute approximate surface area is 114 Å². The normalized spacial score (nSPS) is 18.7. The lowest BCUT2D eigenvalue weighted by Crippen LogP contribution is -2.21. The molecule has 94 valence electrons. The van der Waals surface area contributed by atoms with E-state index < -0.39 is 11.9 Å². The maximum absolute atomic E-state index is 11.8. The van der Waals surface area contributed by atoms with Gasteiger partial charge >= 0.3 is 5.97 Å². The molecule has 0 amide bonds. The van der Waals surface area contributed by atoms with Gasteiger partial charge in [-0.3, -0.25) is 9.59 Å². The van der Waals surface area contributed by atoms with Crippen LogP contribution in [-0.2, 0) is 14.3 Å². The molecule has 0 aromatic heterocycles. The molecule has 2 rings (SSSR count). The molecular formula is C14H13BrO3. The highest BCUT2D eigenvalue weighted by Gasteiger charge is 2.33. The summed E-state index contributed by atoms with van der Waals surface area (Å²) in [5.41, 5.74) is 1.86. The predicted molar refractivity (Wildman–Crippen MR) is 71.9 cm³/mol. The summed E-state index contributed by atoms with van der Waals surface area (Å²) in [5.74, 6) is -1.25. The number of rotatable bonds is 3. The number of allylic oxidation sites excluding steroid dienone is 2. The van der Waals surface area contributed by atoms with Crippen LogP contribution in [0.3, 0.4) is 0 Å². The first-order chi connectivity index (χ1) is 8.61. The van der Waals surface area contributed by atoms with Crippen LogP contribution >= 0.6 is 15.9 Å². The molecule has 0 aliphatic heterocycles. The summed E-state index contributed by atoms with van der Waals surface area (Å²) in [6.07, 6.45) is 1.98. The quantitative estimate of drug-likeness (QED) is 0.637. The van der Waals surface area contributed by atoms with Gasteiger partial charge in [0.25, 0.3) is 0 Å². The maximum atomic E-state index is 11.8. The second-order valence-electron chi connectivity index (χ2n) is 4.09. The van der Waals surface area contributed by atoms with Gasteiger partial charge in [0.05, 0.1) is 6.61 Å². The van der Waals surface area contributed by atoms with Gasteiger partial charge in [0.1, 0.15) is 5.92 Å². The van der Waals surface area contributed by atoms with Crippen molar-refractivity contribution in [1.82, 2.24) is 0 Å². The van der Waals surface area contributed by atoms with E-state index in [4.69, 9.17) is 4.74 Å². The van der Waals surface area contributed by atoms with Crippen LogP contribution in [-0.4, -0.2) is 18.4 Å². The molecule has 0 heterocycles. The molecular weight excluding hydrogens is 296 g/mol. The molecule has 0 N–H and O–H groups in total. The zero-order chi connectivity index (χ0) is 13.1. The standard InChI is InChI=1S/C14H13BrO3/c1-2-18-14(17)12-7-10(8-13(12)16)9-3-5-11(15)6-4-9/h3-6,8,12H,2,7H2,1H3. The fourth-order valence-corrected chi connectivity index (χ4v) is 2.22. The highest BCUT2D eigenvalue weighted by molar-refractivity contribution is 9.10. The van der Waals surface area contributed by atoms with Gasteiger partial charge in [-0.2, -0.15) is 0 Å². The molecule has 0 radical (unpaired) electrons. The van der Waals surface area contributed by atoms with E-state index in [1.54, 1.807) is 13.0 Å². The van der Waals surface area contributed by atoms with Crippen molar-refractivity contribution in [1.29, 1.82) is 0 Å². The number of halogens is 1. The lowest BCUT2D eigenvalue weighted by molar-refractivity contribution is -0.149. The van der Waals surface area contributed by atoms with Crippen LogP contribution in [0.25, 0.3) is 5.57 Å². The summed E-state index contributed by atoms with van der Waals surface area (Å²) in [4.78, 5) is 23.4. The van der Waals surface area contributed by atoms with Crippen molar-refractivity contribution in [2.24, 2.45) is 5.92 Å². The summed E-state index contributed by atoms with van der Waals surface area (Å²) in [6, 6.07) is 7.68. The fraction of sp³-hybridized carbons (Fsp3) is 0.286. The van der Waals surface area contributed by atoms with Crippen molar-refractivity contribution in [3.05, 3.63) is 40.4 Å². The summed E-state index contributed by atoms with van der Waals surface area (Å²) < 4.78 is 5.88. The minimum absolute atomic E-state index is 0.161. The van der Waals surface area contributed by atoms with Crippen molar-refractivity contribution in [3.8, 4) is 0 Å². The summed E-state index contributed by atoms with van der Waals surface area (Å²) in [5, 5.41) is 0. The molecule has 18 heavy (non-hydrogen) atoms. The third kappa shape index (κ3) is 2.70. The van der Waals surface area contributed by atoms with E-state index in [0.29, 0.717) is 13.0 Å². The van der Waals surface area contributed by atoms with Crippen LogP contribution in [0.5, 0.6) is 0 Å². The smallest absolute Gasteiger partial charge is 0.317 e. The molecule has 0 spiro atoms. The van der Waals surface area contributed by atoms with Crippen LogP contribution in [0.4, 0.5) is 0 Å². The number of hydrogen-bond donors (Lipinski definition) is 0. The van der Waals surface area contributed by atoms with Gasteiger partial charge in [-0.15, -0.1) is 0 Å². The van der Waals surface area contributed by atoms with Crippen LogP contribution < -0.4 is 0 Å². The Morgan fingerprint density at radius 3 is 2.67 bits per heavy atom. The summed E-state index contributed by atoms with van der Waals surface area (Å²) in [7, 11) is 0. The minimum atomic E-state index is -0.663. The highest BCUT2D eigenvalue weighted by atomic mass is 79.9. The molecule has 1 aliphatic rings. The second kappa shape index (κ2) is 5.48. The third-order valence-electron chi connectivity index (χ3n) is 2.87. The van der Waals surface area contributed by atoms with E-state index >= 15 is 0 Å². The molecule has 4 heteroatoms. The molecule has 1 aromatic carbocycles. The maximum Gasteiger partial charge on any atom is 0.317 e. The zero-order valence-electron chi connectivity index (χ0n) is 9.98. The van der Waals surface area contributed by atoms with Crippen molar-refractivity contribution in [2.45, 2.75) is 13.3 Å². The fourth-order valence-electron chi connectivity index (χ4n) is 1.96. The van der Waals surface area contributed by atoms with Gasteiger partial charge in [-0.1, -0.05) is 28.1 Å². The van der Waals surface area contributed by atoms with Crippen LogP contribution in [0.1, 0.15) is 18.9 Å². The van der Waals surface area contributed by atoms with E-state index in [1.165, 1.54) is 0 Å². The molecule has 1 aliphatic carbocycles. The molecule has 0 saturated carbocycles. The number of carbonyl (C=O) groups is 2. The van der Waals surface area contributed by atoms with Gasteiger partial charge in [0.15, 0.2) is 5.78 Å². The van der Waals surface area contributed by atoms with Gasteiger partial charge in [0, 0.05) is 4.47 Å². The predicted octanol–water partition coefficient (Wildman–Crippen LogP) is 2.98. The molecule has 3 nitrogen and oxygen atoms in total. The number of esters is 1. The van der Waals surface area contributed by atoms with Gasteiger partial charge in [-0.25, -0.2) is 0 Å². The number of benzene rings is 1. The van der Waals surface area contributed by atoms with Crippen molar-refractivity contribution < 1.29 is 14.3 Å². The SMILES string of the molecule is CCOC(=O)C1CC(c2ccc(Br)cc2)=CC1=O. The number of ketones is 1. The van der Waals surface area contributed by atoms with Crippen molar-refractivity contribution in [3.63, 3.8) is 0 Å². The first-order valence-electron chi connectivity index (χ1n) is 5.79. The van der Waals surface area contributed by atoms with E-state index in [-0.39, 0.29) is 5.78 Å². The largest absolute Gasteiger partial charge is 0.465 e. The number of ether oxygens (including phenoxy) is 1. The number of hydrogen-bond acceptors (Lipinski definition) is 3. The first kappa shape index (κ1) is 13.0. The Bertz CT molecular complexity index is 502. The molecule has 0 saturated heterocycles. The van der Waals surface area contributed by atoms with E-state index in [9.17, 15) is 9.59 Å². The van der Waals surface area contributed by atoms with E-state index in [0.717, 1.165) is 15.6 Å². The van der Waals surface area contributed by atoms with Gasteiger partial charge in [-0.05, 0) is 42.7 Å². The lowest BCUT2D eigenvalue weighted by atomic mass is 10.0. The Hall–Kier alpha value is -1.42. The van der Waals surface area contributed by atoms with Crippen molar-refractivity contribution >= 4 is 33.3 Å². The van der Waals surface area contributed by atoms with Crippen LogP contribution in [0.2, 0.25) is 0 Å². The highest BCUT2D eigenvalue weighted by Crippen LogP contribution is 2.31. The van der Waals surface area contributed by atoms with E-state index in [1.807, 2.05) is 24.3 Å². The second-order valence-corrected chi connectivity index (χ2v) is 5.00. The van der Waals surface area contributed by atoms with Gasteiger partial charge in [0.2, 0.25) is 0 Å². The molecule has 0 fully saturated rings. The Morgan fingerprint density at radius 2 is 2.06 bits per heavy atom. The average molecular weight is 309 g/mol. The molecule has 0 bridgehead atoms. The molecule has 1 unspecified atom stereocenters. The Kier molecular flexibility index (Phi) is 3.97. The zero-order valence-corrected chi connectivity index (χ0v) is 11.6. The lowest BCUT2D eigenvalue weighted by Gasteiger charge is -2.08. The average Bonchev–Trinajstić information content (AvgIpc) is 2.72. The van der Waals surface area contributed by atoms with E-state index in [2.05, 4.69) is 15.9 Å². The summed E-state index contributed by atoms with van der Waals surface area (Å²) in [6.45, 7) is 2.04. The monoisotopic (exact) mass is 308 g/mol. The minimum Gasteiger partial charge on any atom is -0.465 e. The van der Waals surface area contributed by atoms with Crippen LogP contribution in [0.15, 0.2) is 34.8 Å². The third-order valence-corrected chi connectivity index (χ3v) is 3.40. The Balaban J connectivity index is 2.14. The molecule has 1 aromatic rings. The number of carbonyl (C=O) groups excluding carboxylic acids is 2.